The van der Waals surface area contributed by atoms with Crippen molar-refractivity contribution in [3.05, 3.63) is 35.7 Å². The lowest BCUT2D eigenvalue weighted by Crippen LogP contribution is -2.42. The molecule has 0 aliphatic carbocycles. The molecule has 12 heteroatoms. The molecule has 1 atom stereocenters. The molecule has 4 N–H and O–H groups in total. The summed E-state index contributed by atoms with van der Waals surface area (Å²) in [7, 11) is -3.85. The van der Waals surface area contributed by atoms with Crippen molar-refractivity contribution in [3.8, 4) is 0 Å². The van der Waals surface area contributed by atoms with Crippen LogP contribution in [-0.2, 0) is 14.6 Å². The predicted molar refractivity (Wildman–Crippen MR) is 92.6 cm³/mol. The first kappa shape index (κ1) is 18.4. The fourth-order valence-electron chi connectivity index (χ4n) is 2.26. The number of nitrogens with zero attached hydrogens (tertiary/aromatic N) is 2. The third-order valence-electron chi connectivity index (χ3n) is 3.57. The minimum Gasteiger partial charge on any atom is -0.366 e. The molecular weight excluding hydrogens is 382 g/mol. The van der Waals surface area contributed by atoms with Crippen LogP contribution in [0.1, 0.15) is 20.7 Å². The van der Waals surface area contributed by atoms with E-state index in [0.717, 1.165) is 17.4 Å². The van der Waals surface area contributed by atoms with E-state index in [2.05, 4.69) is 20.8 Å². The number of nitrogens with two attached hydrogens (primary N) is 1. The molecule has 2 aromatic heterocycles. The number of carbonyl (C=O) groups is 2. The van der Waals surface area contributed by atoms with Gasteiger partial charge < -0.3 is 21.1 Å². The van der Waals surface area contributed by atoms with Gasteiger partial charge in [0.15, 0.2) is 5.44 Å². The van der Waals surface area contributed by atoms with Crippen LogP contribution in [0.4, 0.5) is 5.00 Å². The van der Waals surface area contributed by atoms with Gasteiger partial charge in [0.2, 0.25) is 9.84 Å². The molecule has 2 aromatic rings. The number of aromatic nitrogens is 2. The topological polar surface area (TPSA) is 153 Å². The molecule has 1 aliphatic rings. The van der Waals surface area contributed by atoms with Gasteiger partial charge >= 0.3 is 0 Å². The first-order valence-corrected chi connectivity index (χ1v) is 9.84. The quantitative estimate of drug-likeness (QED) is 0.616. The number of nitrogens with one attached hydrogen (secondary N) is 2. The third kappa shape index (κ3) is 3.72. The zero-order valence-electron chi connectivity index (χ0n) is 13.3. The number of ether oxygens (including phenoxy) is 1. The zero-order valence-corrected chi connectivity index (χ0v) is 15.0. The molecule has 2 amide bonds. The van der Waals surface area contributed by atoms with Gasteiger partial charge in [-0.3, -0.25) is 9.59 Å². The lowest BCUT2D eigenvalue weighted by atomic mass is 10.2. The maximum absolute atomic E-state index is 12.7. The molecule has 138 valence electrons. The first-order chi connectivity index (χ1) is 12.4. The number of hydrogen-bond acceptors (Lipinski definition) is 9. The summed E-state index contributed by atoms with van der Waals surface area (Å²) in [4.78, 5) is 23.9. The van der Waals surface area contributed by atoms with Crippen molar-refractivity contribution in [2.24, 2.45) is 5.73 Å². The van der Waals surface area contributed by atoms with Gasteiger partial charge in [0, 0.05) is 13.1 Å². The minimum absolute atomic E-state index is 0.0432. The molecule has 0 radical (unpaired) electrons. The highest BCUT2D eigenvalue weighted by Gasteiger charge is 2.33. The highest BCUT2D eigenvalue weighted by molar-refractivity contribution is 7.94. The Labute approximate surface area is 152 Å². The summed E-state index contributed by atoms with van der Waals surface area (Å²) < 4.78 is 30.6. The van der Waals surface area contributed by atoms with Crippen LogP contribution in [0.2, 0.25) is 0 Å². The number of amides is 2. The van der Waals surface area contributed by atoms with E-state index in [1.54, 1.807) is 0 Å². The van der Waals surface area contributed by atoms with Crippen molar-refractivity contribution in [2.75, 3.05) is 25.0 Å². The molecule has 1 saturated heterocycles. The summed E-state index contributed by atoms with van der Waals surface area (Å²) in [5, 5.41) is 12.6. The molecule has 3 rings (SSSR count). The average molecular weight is 397 g/mol. The first-order valence-electron chi connectivity index (χ1n) is 7.47. The molecule has 0 aromatic carbocycles. The van der Waals surface area contributed by atoms with Crippen LogP contribution in [0, 0.1) is 0 Å². The molecule has 1 unspecified atom stereocenters. The van der Waals surface area contributed by atoms with Crippen LogP contribution in [0.25, 0.3) is 0 Å². The Kier molecular flexibility index (Phi) is 5.27. The Morgan fingerprint density at radius 2 is 2.19 bits per heavy atom. The number of anilines is 1. The fraction of sp³-hybridized carbons (Fsp3) is 0.286. The summed E-state index contributed by atoms with van der Waals surface area (Å²) in [5.41, 5.74) is 4.37. The SMILES string of the molecule is NC(=O)c1cc(S(=O)(=O)C2CNCCO2)sc1NC(=O)c1ccnnc1. The van der Waals surface area contributed by atoms with E-state index in [9.17, 15) is 18.0 Å². The fourth-order valence-corrected chi connectivity index (χ4v) is 5.24. The largest absolute Gasteiger partial charge is 0.366 e. The van der Waals surface area contributed by atoms with E-state index in [4.69, 9.17) is 10.5 Å². The number of morpholine rings is 1. The molecule has 26 heavy (non-hydrogen) atoms. The molecular formula is C14H15N5O5S2. The van der Waals surface area contributed by atoms with Gasteiger partial charge in [-0.25, -0.2) is 8.42 Å². The minimum atomic E-state index is -3.85. The number of carbonyl (C=O) groups excluding carboxylic acids is 2. The van der Waals surface area contributed by atoms with Crippen molar-refractivity contribution in [1.82, 2.24) is 15.5 Å². The molecule has 0 bridgehead atoms. The van der Waals surface area contributed by atoms with Gasteiger partial charge in [0.25, 0.3) is 11.8 Å². The van der Waals surface area contributed by atoms with Crippen molar-refractivity contribution >= 4 is 38.0 Å². The second-order valence-electron chi connectivity index (χ2n) is 5.31. The smallest absolute Gasteiger partial charge is 0.257 e. The summed E-state index contributed by atoms with van der Waals surface area (Å²) >= 11 is 0.747. The number of sulfone groups is 1. The Morgan fingerprint density at radius 1 is 1.38 bits per heavy atom. The van der Waals surface area contributed by atoms with Gasteiger partial charge in [-0.05, 0) is 12.1 Å². The van der Waals surface area contributed by atoms with Crippen LogP contribution in [0.3, 0.4) is 0 Å². The molecule has 0 saturated carbocycles. The van der Waals surface area contributed by atoms with Crippen molar-refractivity contribution in [3.63, 3.8) is 0 Å². The van der Waals surface area contributed by atoms with Crippen LogP contribution in [0.15, 0.2) is 28.7 Å². The number of hydrogen-bond donors (Lipinski definition) is 3. The lowest BCUT2D eigenvalue weighted by molar-refractivity contribution is 0.0786. The Morgan fingerprint density at radius 3 is 2.81 bits per heavy atom. The Hall–Kier alpha value is -2.41. The van der Waals surface area contributed by atoms with Gasteiger partial charge in [0.05, 0.1) is 30.1 Å². The second kappa shape index (κ2) is 7.45. The van der Waals surface area contributed by atoms with E-state index < -0.39 is 27.1 Å². The normalized spacial score (nSPS) is 17.6. The van der Waals surface area contributed by atoms with Crippen LogP contribution >= 0.6 is 11.3 Å². The monoisotopic (exact) mass is 397 g/mol. The molecule has 1 fully saturated rings. The highest BCUT2D eigenvalue weighted by atomic mass is 32.2. The predicted octanol–water partition coefficient (Wildman–Crippen LogP) is -0.391. The van der Waals surface area contributed by atoms with E-state index in [1.807, 2.05) is 0 Å². The van der Waals surface area contributed by atoms with Crippen LogP contribution in [-0.4, -0.2) is 55.6 Å². The molecule has 1 aliphatic heterocycles. The number of rotatable bonds is 5. The summed E-state index contributed by atoms with van der Waals surface area (Å²) in [5.74, 6) is -1.42. The maximum atomic E-state index is 12.7. The average Bonchev–Trinajstić information content (AvgIpc) is 3.08. The zero-order chi connectivity index (χ0) is 18.7. The third-order valence-corrected chi connectivity index (χ3v) is 7.03. The Balaban J connectivity index is 1.91. The Bertz CT molecular complexity index is 922. The van der Waals surface area contributed by atoms with Gasteiger partial charge in [-0.2, -0.15) is 10.2 Å². The van der Waals surface area contributed by atoms with Crippen molar-refractivity contribution in [1.29, 1.82) is 0 Å². The molecule has 0 spiro atoms. The van der Waals surface area contributed by atoms with Crippen LogP contribution in [0.5, 0.6) is 0 Å². The van der Waals surface area contributed by atoms with Gasteiger partial charge in [-0.15, -0.1) is 11.3 Å². The van der Waals surface area contributed by atoms with E-state index in [-0.39, 0.29) is 33.5 Å². The van der Waals surface area contributed by atoms with Gasteiger partial charge in [-0.1, -0.05) is 0 Å². The summed E-state index contributed by atoms with van der Waals surface area (Å²) in [6.07, 6.45) is 2.58. The van der Waals surface area contributed by atoms with E-state index >= 15 is 0 Å². The summed E-state index contributed by atoms with van der Waals surface area (Å²) in [6, 6.07) is 2.58. The van der Waals surface area contributed by atoms with Gasteiger partial charge in [0.1, 0.15) is 9.21 Å². The highest BCUT2D eigenvalue weighted by Crippen LogP contribution is 2.34. The lowest BCUT2D eigenvalue weighted by Gasteiger charge is -2.22. The standard InChI is InChI=1S/C14H15N5O5S2/c15-12(20)9-5-11(26(22,23)10-7-16-3-4-24-10)25-14(9)19-13(21)8-1-2-17-18-6-8/h1-2,5-6,10,16H,3-4,7H2,(H2,15,20)(H,19,21). The van der Waals surface area contributed by atoms with E-state index in [1.165, 1.54) is 18.5 Å². The molecule has 10 nitrogen and oxygen atoms in total. The maximum Gasteiger partial charge on any atom is 0.257 e. The van der Waals surface area contributed by atoms with Crippen molar-refractivity contribution < 1.29 is 22.7 Å². The van der Waals surface area contributed by atoms with Crippen LogP contribution < -0.4 is 16.4 Å². The van der Waals surface area contributed by atoms with E-state index in [0.29, 0.717) is 6.54 Å². The summed E-state index contributed by atoms with van der Waals surface area (Å²) in [6.45, 7) is 0.956. The van der Waals surface area contributed by atoms with Crippen molar-refractivity contribution in [2.45, 2.75) is 9.65 Å². The molecule has 3 heterocycles. The second-order valence-corrected chi connectivity index (χ2v) is 8.67. The number of primary amides is 1. The number of thiophene rings is 1.